The second kappa shape index (κ2) is 17.1. The molecule has 3 heterocycles. The summed E-state index contributed by atoms with van der Waals surface area (Å²) in [5, 5.41) is 3.97. The average molecular weight is 749 g/mol. The molecule has 6 aromatic rings. The molecule has 55 heavy (non-hydrogen) atoms. The van der Waals surface area contributed by atoms with Gasteiger partial charge in [-0.1, -0.05) is 128 Å². The Labute approximate surface area is 330 Å². The van der Waals surface area contributed by atoms with Crippen molar-refractivity contribution in [2.24, 2.45) is 0 Å². The van der Waals surface area contributed by atoms with Gasteiger partial charge in [-0.25, -0.2) is 9.78 Å². The number of amides is 2. The molecule has 0 saturated carbocycles. The molecule has 7 nitrogen and oxygen atoms in total. The molecule has 1 aliphatic carbocycles. The zero-order valence-electron chi connectivity index (χ0n) is 31.4. The molecule has 1 unspecified atom stereocenters. The lowest BCUT2D eigenvalue weighted by molar-refractivity contribution is 0.119. The number of hydrogen-bond donors (Lipinski definition) is 1. The zero-order valence-corrected chi connectivity index (χ0v) is 32.1. The molecule has 0 bridgehead atoms. The number of hydrogen-bond acceptors (Lipinski definition) is 4. The molecular weight excluding hydrogens is 700 g/mol. The van der Waals surface area contributed by atoms with Crippen molar-refractivity contribution in [3.05, 3.63) is 190 Å². The summed E-state index contributed by atoms with van der Waals surface area (Å²) in [6.45, 7) is 3.68. The van der Waals surface area contributed by atoms with Crippen LogP contribution in [0.4, 0.5) is 4.79 Å². The van der Waals surface area contributed by atoms with E-state index in [9.17, 15) is 4.79 Å². The fraction of sp³-hybridized carbons (Fsp3) is 0.298. The van der Waals surface area contributed by atoms with Gasteiger partial charge in [-0.3, -0.25) is 9.88 Å². The Bertz CT molecular complexity index is 2070. The van der Waals surface area contributed by atoms with E-state index in [1.807, 2.05) is 29.6 Å². The normalized spacial score (nSPS) is 15.9. The van der Waals surface area contributed by atoms with Gasteiger partial charge in [-0.2, -0.15) is 0 Å². The largest absolute Gasteiger partial charge is 0.338 e. The minimum Gasteiger partial charge on any atom is -0.338 e. The first-order valence-corrected chi connectivity index (χ1v) is 20.2. The maximum atomic E-state index is 13.2. The summed E-state index contributed by atoms with van der Waals surface area (Å²) in [6, 6.07) is 42.8. The number of urea groups is 1. The second-order valence-electron chi connectivity index (χ2n) is 14.8. The third-order valence-electron chi connectivity index (χ3n) is 11.4. The monoisotopic (exact) mass is 748 g/mol. The lowest BCUT2D eigenvalue weighted by Crippen LogP contribution is -2.52. The van der Waals surface area contributed by atoms with E-state index in [4.69, 9.17) is 21.6 Å². The van der Waals surface area contributed by atoms with Crippen LogP contribution < -0.4 is 5.32 Å². The van der Waals surface area contributed by atoms with Gasteiger partial charge in [0, 0.05) is 50.1 Å². The molecule has 1 N–H and O–H groups in total. The fourth-order valence-corrected chi connectivity index (χ4v) is 8.88. The molecule has 4 aromatic carbocycles. The highest BCUT2D eigenvalue weighted by Gasteiger charge is 2.38. The van der Waals surface area contributed by atoms with Crippen LogP contribution in [0.2, 0.25) is 5.02 Å². The molecule has 1 saturated heterocycles. The number of carbonyl (C=O) groups is 1. The van der Waals surface area contributed by atoms with Crippen molar-refractivity contribution in [3.8, 4) is 0 Å². The first kappa shape index (κ1) is 36.7. The second-order valence-corrected chi connectivity index (χ2v) is 15.2. The molecule has 8 rings (SSSR count). The molecule has 280 valence electrons. The van der Waals surface area contributed by atoms with Crippen LogP contribution in [-0.2, 0) is 24.8 Å². The zero-order chi connectivity index (χ0) is 37.5. The summed E-state index contributed by atoms with van der Waals surface area (Å²) in [7, 11) is 0. The van der Waals surface area contributed by atoms with Crippen LogP contribution in [0.1, 0.15) is 76.5 Å². The Kier molecular flexibility index (Phi) is 11.4. The summed E-state index contributed by atoms with van der Waals surface area (Å²) in [5.41, 5.74) is 9.14. The number of piperazine rings is 1. The van der Waals surface area contributed by atoms with E-state index in [-0.39, 0.29) is 12.1 Å². The first-order valence-electron chi connectivity index (χ1n) is 19.8. The number of nitrogens with zero attached hydrogens (tertiary/aromatic N) is 5. The Morgan fingerprint density at radius 2 is 1.35 bits per heavy atom. The van der Waals surface area contributed by atoms with Gasteiger partial charge in [-0.15, -0.1) is 0 Å². The highest BCUT2D eigenvalue weighted by atomic mass is 35.5. The summed E-state index contributed by atoms with van der Waals surface area (Å²) >= 11 is 6.42. The quantitative estimate of drug-likeness (QED) is 0.100. The summed E-state index contributed by atoms with van der Waals surface area (Å²) < 4.78 is 2.29. The first-order chi connectivity index (χ1) is 27.1. The van der Waals surface area contributed by atoms with Gasteiger partial charge < -0.3 is 14.8 Å². The number of unbranched alkanes of at least 4 members (excludes halogenated alkanes) is 3. The Morgan fingerprint density at radius 1 is 0.709 bits per heavy atom. The molecule has 2 amide bonds. The van der Waals surface area contributed by atoms with Crippen molar-refractivity contribution in [3.63, 3.8) is 0 Å². The van der Waals surface area contributed by atoms with E-state index in [0.717, 1.165) is 74.4 Å². The van der Waals surface area contributed by atoms with E-state index in [2.05, 4.69) is 130 Å². The van der Waals surface area contributed by atoms with Crippen molar-refractivity contribution in [1.82, 2.24) is 29.7 Å². The molecule has 1 atom stereocenters. The number of aromatic nitrogens is 3. The third kappa shape index (κ3) is 7.82. The van der Waals surface area contributed by atoms with Crippen LogP contribution in [0.5, 0.6) is 0 Å². The molecule has 1 aliphatic heterocycles. The highest BCUT2D eigenvalue weighted by molar-refractivity contribution is 6.30. The summed E-state index contributed by atoms with van der Waals surface area (Å²) in [4.78, 5) is 27.4. The van der Waals surface area contributed by atoms with E-state index < -0.39 is 5.54 Å². The molecule has 2 aliphatic rings. The van der Waals surface area contributed by atoms with Gasteiger partial charge in [-0.05, 0) is 83.7 Å². The Hall–Kier alpha value is -5.24. The van der Waals surface area contributed by atoms with Gasteiger partial charge in [0.15, 0.2) is 0 Å². The fourth-order valence-electron chi connectivity index (χ4n) is 8.69. The lowest BCUT2D eigenvalue weighted by Gasteiger charge is -2.39. The van der Waals surface area contributed by atoms with Crippen molar-refractivity contribution in [2.75, 3.05) is 32.7 Å². The van der Waals surface area contributed by atoms with E-state index in [1.54, 1.807) is 0 Å². The smallest absolute Gasteiger partial charge is 0.317 e. The number of pyridine rings is 1. The molecule has 1 fully saturated rings. The maximum Gasteiger partial charge on any atom is 0.317 e. The van der Waals surface area contributed by atoms with Crippen molar-refractivity contribution in [1.29, 1.82) is 0 Å². The van der Waals surface area contributed by atoms with Crippen molar-refractivity contribution >= 4 is 17.6 Å². The SMILES string of the molecule is O=C(NCCCCCCc1cn(C(c2ccccc2)(c2ccccc2)c2ccccc2)cn1)N1CCN(C2c3ccc(Cl)cc3CCc3cccnc32)CC1. The molecule has 0 radical (unpaired) electrons. The molecule has 2 aromatic heterocycles. The van der Waals surface area contributed by atoms with Gasteiger partial charge in [0.2, 0.25) is 0 Å². The summed E-state index contributed by atoms with van der Waals surface area (Å²) in [6.07, 6.45) is 13.1. The van der Waals surface area contributed by atoms with Crippen LogP contribution in [0.3, 0.4) is 0 Å². The average Bonchev–Trinajstić information content (AvgIpc) is 3.64. The van der Waals surface area contributed by atoms with E-state index >= 15 is 0 Å². The Balaban J connectivity index is 0.827. The van der Waals surface area contributed by atoms with E-state index in [0.29, 0.717) is 19.6 Å². The van der Waals surface area contributed by atoms with E-state index in [1.165, 1.54) is 33.4 Å². The predicted molar refractivity (Wildman–Crippen MR) is 220 cm³/mol. The molecule has 8 heteroatoms. The lowest BCUT2D eigenvalue weighted by atomic mass is 9.77. The standard InChI is InChI=1S/C47H49ClN6O/c48-41-25-26-43-37(33-41)24-23-36-15-14-28-49-44(36)45(43)52-29-31-53(32-30-52)46(55)50-27-13-2-1-12-22-42-34-54(35-51-42)47(38-16-6-3-7-17-38,39-18-8-4-9-19-39)40-20-10-5-11-21-40/h3-11,14-21,25-26,28,33-35,45H,1-2,12-13,22-24,27,29-32H2,(H,50,55). The van der Waals surface area contributed by atoms with Gasteiger partial charge in [0.05, 0.1) is 23.8 Å². The number of nitrogens with one attached hydrogen (secondary N) is 1. The summed E-state index contributed by atoms with van der Waals surface area (Å²) in [5.74, 6) is 0. The third-order valence-corrected chi connectivity index (χ3v) is 11.7. The minimum atomic E-state index is -0.544. The molecular formula is C47H49ClN6O. The minimum absolute atomic E-state index is 0.0375. The van der Waals surface area contributed by atoms with Crippen LogP contribution in [0, 0.1) is 0 Å². The number of fused-ring (bicyclic) bond motifs is 2. The number of imidazole rings is 1. The number of carbonyl (C=O) groups excluding carboxylic acids is 1. The van der Waals surface area contributed by atoms with Gasteiger partial charge >= 0.3 is 6.03 Å². The number of rotatable bonds is 12. The van der Waals surface area contributed by atoms with Gasteiger partial charge in [0.25, 0.3) is 0 Å². The molecule has 0 spiro atoms. The van der Waals surface area contributed by atoms with Crippen LogP contribution in [0.15, 0.2) is 140 Å². The van der Waals surface area contributed by atoms with Crippen molar-refractivity contribution in [2.45, 2.75) is 56.5 Å². The van der Waals surface area contributed by atoms with Crippen LogP contribution in [-0.4, -0.2) is 63.1 Å². The Morgan fingerprint density at radius 3 is 2.02 bits per heavy atom. The van der Waals surface area contributed by atoms with Crippen molar-refractivity contribution < 1.29 is 4.79 Å². The topological polar surface area (TPSA) is 66.3 Å². The number of aryl methyl sites for hydroxylation is 3. The maximum absolute atomic E-state index is 13.2. The number of benzene rings is 4. The number of halogens is 1. The predicted octanol–water partition coefficient (Wildman–Crippen LogP) is 9.09. The van der Waals surface area contributed by atoms with Crippen LogP contribution >= 0.6 is 11.6 Å². The van der Waals surface area contributed by atoms with Crippen LogP contribution in [0.25, 0.3) is 0 Å². The van der Waals surface area contributed by atoms with Gasteiger partial charge in [0.1, 0.15) is 5.54 Å². The highest BCUT2D eigenvalue weighted by Crippen LogP contribution is 2.41.